The summed E-state index contributed by atoms with van der Waals surface area (Å²) in [6.07, 6.45) is 0.607. The van der Waals surface area contributed by atoms with Crippen molar-refractivity contribution in [3.8, 4) is 5.75 Å². The summed E-state index contributed by atoms with van der Waals surface area (Å²) in [5, 5.41) is 17.5. The van der Waals surface area contributed by atoms with Crippen molar-refractivity contribution in [1.29, 1.82) is 0 Å². The van der Waals surface area contributed by atoms with Crippen LogP contribution in [-0.2, 0) is 6.54 Å². The van der Waals surface area contributed by atoms with Crippen molar-refractivity contribution in [2.24, 2.45) is 0 Å². The molecule has 134 valence electrons. The van der Waals surface area contributed by atoms with Crippen LogP contribution in [-0.4, -0.2) is 32.9 Å². The minimum absolute atomic E-state index is 0.00755. The Morgan fingerprint density at radius 2 is 2.00 bits per heavy atom. The number of aliphatic hydroxyl groups excluding tert-OH is 1. The number of carbonyl (C=O) groups excluding carboxylic acids is 1. The molecule has 0 fully saturated rings. The predicted octanol–water partition coefficient (Wildman–Crippen LogP) is 2.93. The van der Waals surface area contributed by atoms with Gasteiger partial charge >= 0.3 is 0 Å². The normalized spacial score (nSPS) is 11.8. The maximum Gasteiger partial charge on any atom is 0.295 e. The van der Waals surface area contributed by atoms with E-state index in [1.165, 1.54) is 11.0 Å². The van der Waals surface area contributed by atoms with E-state index in [1.807, 2.05) is 0 Å². The molecule has 1 amide bonds. The van der Waals surface area contributed by atoms with Gasteiger partial charge in [-0.2, -0.15) is 0 Å². The molecule has 0 aliphatic heterocycles. The van der Waals surface area contributed by atoms with E-state index in [0.717, 1.165) is 0 Å². The third kappa shape index (κ3) is 4.19. The molecule has 0 aliphatic rings. The number of carbonyl (C=O) groups is 1. The number of ether oxygens (including phenoxy) is 1. The topological polar surface area (TPSA) is 89.3 Å². The molecule has 0 spiro atoms. The highest BCUT2D eigenvalue weighted by molar-refractivity contribution is 6.33. The van der Waals surface area contributed by atoms with Crippen LogP contribution in [0.1, 0.15) is 22.3 Å². The van der Waals surface area contributed by atoms with Crippen molar-refractivity contribution < 1.29 is 14.6 Å². The van der Waals surface area contributed by atoms with E-state index >= 15 is 0 Å². The van der Waals surface area contributed by atoms with Crippen LogP contribution in [0.2, 0.25) is 5.02 Å². The zero-order chi connectivity index (χ0) is 18.5. The smallest absolute Gasteiger partial charge is 0.295 e. The minimum Gasteiger partial charge on any atom is -0.497 e. The molecule has 1 unspecified atom stereocenters. The number of aliphatic hydroxyl groups is 1. The number of methoxy groups -OCH3 is 1. The van der Waals surface area contributed by atoms with Crippen molar-refractivity contribution >= 4 is 23.2 Å². The van der Waals surface area contributed by atoms with Gasteiger partial charge in [-0.05, 0) is 29.8 Å². The average Bonchev–Trinajstić information content (AvgIpc) is 3.12. The summed E-state index contributed by atoms with van der Waals surface area (Å²) in [6.45, 7) is 0.165. The van der Waals surface area contributed by atoms with Gasteiger partial charge in [-0.3, -0.25) is 4.79 Å². The van der Waals surface area contributed by atoms with Gasteiger partial charge in [0.05, 0.1) is 30.5 Å². The molecule has 2 N–H and O–H groups in total. The monoisotopic (exact) mass is 372 g/mol. The van der Waals surface area contributed by atoms with E-state index in [9.17, 15) is 9.90 Å². The van der Waals surface area contributed by atoms with Crippen LogP contribution < -0.4 is 10.1 Å². The highest BCUT2D eigenvalue weighted by Crippen LogP contribution is 2.21. The zero-order valence-corrected chi connectivity index (χ0v) is 14.7. The summed E-state index contributed by atoms with van der Waals surface area (Å²) in [6, 6.07) is 14.0. The van der Waals surface area contributed by atoms with Gasteiger partial charge in [0.2, 0.25) is 5.82 Å². The third-order valence-electron chi connectivity index (χ3n) is 3.72. The van der Waals surface area contributed by atoms with Crippen LogP contribution in [0.4, 0.5) is 5.69 Å². The average molecular weight is 373 g/mol. The fourth-order valence-electron chi connectivity index (χ4n) is 2.34. The van der Waals surface area contributed by atoms with Crippen molar-refractivity contribution in [3.63, 3.8) is 0 Å². The summed E-state index contributed by atoms with van der Waals surface area (Å²) in [7, 11) is 1.58. The number of aromatic nitrogens is 3. The SMILES string of the molecule is COc1ccc(C(O)Cn2cnc(C(=O)Nc3ccccc3Cl)n2)cc1. The Bertz CT molecular complexity index is 895. The number of nitrogens with one attached hydrogen (secondary N) is 1. The summed E-state index contributed by atoms with van der Waals surface area (Å²) in [5.74, 6) is 0.225. The van der Waals surface area contributed by atoms with Gasteiger partial charge in [0.25, 0.3) is 5.91 Å². The van der Waals surface area contributed by atoms with E-state index in [2.05, 4.69) is 15.4 Å². The minimum atomic E-state index is -0.790. The summed E-state index contributed by atoms with van der Waals surface area (Å²) in [4.78, 5) is 16.2. The van der Waals surface area contributed by atoms with Crippen molar-refractivity contribution in [2.45, 2.75) is 12.6 Å². The maximum absolute atomic E-state index is 12.2. The first-order valence-electron chi connectivity index (χ1n) is 7.84. The fourth-order valence-corrected chi connectivity index (χ4v) is 2.52. The molecule has 1 heterocycles. The number of amides is 1. The van der Waals surface area contributed by atoms with Gasteiger partial charge in [0.1, 0.15) is 12.1 Å². The van der Waals surface area contributed by atoms with Gasteiger partial charge in [-0.15, -0.1) is 5.10 Å². The van der Waals surface area contributed by atoms with Crippen LogP contribution in [0, 0.1) is 0 Å². The Morgan fingerprint density at radius 3 is 2.69 bits per heavy atom. The van der Waals surface area contributed by atoms with Crippen molar-refractivity contribution in [3.05, 3.63) is 71.3 Å². The molecule has 0 radical (unpaired) electrons. The molecule has 1 atom stereocenters. The van der Waals surface area contributed by atoms with Gasteiger partial charge in [0, 0.05) is 0 Å². The number of halogens is 1. The standard InChI is InChI=1S/C18H17ClN4O3/c1-26-13-8-6-12(7-9-13)16(24)10-23-11-20-17(22-23)18(25)21-15-5-3-2-4-14(15)19/h2-9,11,16,24H,10H2,1H3,(H,21,25). The molecule has 1 aromatic heterocycles. The second-order valence-corrected chi connectivity index (χ2v) is 5.92. The molecule has 2 aromatic carbocycles. The van der Waals surface area contributed by atoms with Crippen LogP contribution in [0.5, 0.6) is 5.75 Å². The lowest BCUT2D eigenvalue weighted by Crippen LogP contribution is -2.15. The van der Waals surface area contributed by atoms with Gasteiger partial charge < -0.3 is 15.2 Å². The second-order valence-electron chi connectivity index (χ2n) is 5.51. The fraction of sp³-hybridized carbons (Fsp3) is 0.167. The highest BCUT2D eigenvalue weighted by atomic mass is 35.5. The molecular formula is C18H17ClN4O3. The summed E-state index contributed by atoms with van der Waals surface area (Å²) >= 11 is 6.02. The Hall–Kier alpha value is -2.90. The molecule has 3 aromatic rings. The largest absolute Gasteiger partial charge is 0.497 e. The molecule has 0 aliphatic carbocycles. The summed E-state index contributed by atoms with van der Waals surface area (Å²) in [5.41, 5.74) is 1.19. The van der Waals surface area contributed by atoms with E-state index in [-0.39, 0.29) is 12.4 Å². The van der Waals surface area contributed by atoms with Crippen LogP contribution in [0.3, 0.4) is 0 Å². The Kier molecular flexibility index (Phi) is 5.50. The van der Waals surface area contributed by atoms with Crippen molar-refractivity contribution in [1.82, 2.24) is 14.8 Å². The van der Waals surface area contributed by atoms with E-state index in [0.29, 0.717) is 22.0 Å². The zero-order valence-electron chi connectivity index (χ0n) is 14.0. The Labute approximate surface area is 155 Å². The number of benzene rings is 2. The molecule has 8 heteroatoms. The number of hydrogen-bond acceptors (Lipinski definition) is 5. The predicted molar refractivity (Wildman–Crippen MR) is 97.4 cm³/mol. The highest BCUT2D eigenvalue weighted by Gasteiger charge is 2.15. The lowest BCUT2D eigenvalue weighted by atomic mass is 10.1. The number of rotatable bonds is 6. The Balaban J connectivity index is 1.65. The van der Waals surface area contributed by atoms with Gasteiger partial charge in [-0.1, -0.05) is 35.9 Å². The van der Waals surface area contributed by atoms with Gasteiger partial charge in [0.15, 0.2) is 0 Å². The number of anilines is 1. The Morgan fingerprint density at radius 1 is 1.27 bits per heavy atom. The first-order valence-corrected chi connectivity index (χ1v) is 8.22. The molecule has 0 saturated heterocycles. The van der Waals surface area contributed by atoms with E-state index < -0.39 is 12.0 Å². The second kappa shape index (κ2) is 7.99. The molecular weight excluding hydrogens is 356 g/mol. The molecule has 26 heavy (non-hydrogen) atoms. The van der Waals surface area contributed by atoms with Gasteiger partial charge in [-0.25, -0.2) is 9.67 Å². The van der Waals surface area contributed by atoms with E-state index in [1.54, 1.807) is 55.6 Å². The lowest BCUT2D eigenvalue weighted by molar-refractivity contribution is 0.101. The maximum atomic E-state index is 12.2. The molecule has 3 rings (SSSR count). The first-order chi connectivity index (χ1) is 12.6. The quantitative estimate of drug-likeness (QED) is 0.694. The third-order valence-corrected chi connectivity index (χ3v) is 4.05. The van der Waals surface area contributed by atoms with Crippen LogP contribution in [0.25, 0.3) is 0 Å². The van der Waals surface area contributed by atoms with Crippen molar-refractivity contribution in [2.75, 3.05) is 12.4 Å². The lowest BCUT2D eigenvalue weighted by Gasteiger charge is -2.11. The number of para-hydroxylation sites is 1. The number of nitrogens with zero attached hydrogens (tertiary/aromatic N) is 3. The van der Waals surface area contributed by atoms with E-state index in [4.69, 9.17) is 16.3 Å². The molecule has 0 bridgehead atoms. The van der Waals surface area contributed by atoms with Crippen LogP contribution in [0.15, 0.2) is 54.9 Å². The van der Waals surface area contributed by atoms with Crippen LogP contribution >= 0.6 is 11.6 Å². The number of hydrogen-bond donors (Lipinski definition) is 2. The first kappa shape index (κ1) is 17.9. The molecule has 0 saturated carbocycles. The molecule has 7 nitrogen and oxygen atoms in total. The summed E-state index contributed by atoms with van der Waals surface area (Å²) < 4.78 is 6.50.